The summed E-state index contributed by atoms with van der Waals surface area (Å²) in [5.74, 6) is -0.393. The summed E-state index contributed by atoms with van der Waals surface area (Å²) < 4.78 is 11.1. The van der Waals surface area contributed by atoms with Crippen LogP contribution in [0.2, 0.25) is 0 Å². The maximum Gasteiger partial charge on any atom is 0.226 e. The van der Waals surface area contributed by atoms with Crippen molar-refractivity contribution in [1.82, 2.24) is 4.90 Å². The van der Waals surface area contributed by atoms with Gasteiger partial charge in [-0.3, -0.25) is 9.59 Å². The van der Waals surface area contributed by atoms with Gasteiger partial charge < -0.3 is 14.4 Å². The summed E-state index contributed by atoms with van der Waals surface area (Å²) in [7, 11) is 0. The van der Waals surface area contributed by atoms with E-state index >= 15 is 0 Å². The molecule has 0 unspecified atom stereocenters. The maximum atomic E-state index is 12.3. The average molecular weight is 269 g/mol. The van der Waals surface area contributed by atoms with E-state index in [4.69, 9.17) is 9.47 Å². The average Bonchev–Trinajstić information content (AvgIpc) is 2.86. The molecule has 5 nitrogen and oxygen atoms in total. The number of hydrogen-bond acceptors (Lipinski definition) is 4. The molecular formula is C14H23NO4. The predicted octanol–water partition coefficient (Wildman–Crippen LogP) is 1.36. The third-order valence-electron chi connectivity index (χ3n) is 4.03. The zero-order chi connectivity index (χ0) is 14.0. The first-order chi connectivity index (χ1) is 8.91. The van der Waals surface area contributed by atoms with E-state index < -0.39 is 5.79 Å². The lowest BCUT2D eigenvalue weighted by Crippen LogP contribution is -2.36. The normalized spacial score (nSPS) is 30.1. The van der Waals surface area contributed by atoms with E-state index in [1.165, 1.54) is 6.92 Å². The number of carbonyl (C=O) groups is 2. The number of carbonyl (C=O) groups excluding carboxylic acids is 2. The molecule has 2 heterocycles. The summed E-state index contributed by atoms with van der Waals surface area (Å²) in [5, 5.41) is 0. The number of ketones is 1. The Kier molecular flexibility index (Phi) is 4.26. The van der Waals surface area contributed by atoms with Gasteiger partial charge in [-0.05, 0) is 33.6 Å². The lowest BCUT2D eigenvalue weighted by molar-refractivity contribution is -0.151. The van der Waals surface area contributed by atoms with E-state index in [-0.39, 0.29) is 30.2 Å². The van der Waals surface area contributed by atoms with Crippen LogP contribution >= 0.6 is 0 Å². The van der Waals surface area contributed by atoms with Crippen molar-refractivity contribution in [3.63, 3.8) is 0 Å². The smallest absolute Gasteiger partial charge is 0.226 e. The van der Waals surface area contributed by atoms with Crippen LogP contribution in [0.25, 0.3) is 0 Å². The summed E-state index contributed by atoms with van der Waals surface area (Å²) in [6.07, 6.45) is 2.31. The third kappa shape index (κ3) is 3.34. The molecule has 0 spiro atoms. The standard InChI is InChI=1S/C14H23NO4/c1-10-8-12(13(17)15(10)9-11(2)16)4-5-14(3)18-6-7-19-14/h10,12H,4-9H2,1-3H3/t10-,12+/m1/s1. The highest BCUT2D eigenvalue weighted by atomic mass is 16.7. The van der Waals surface area contributed by atoms with E-state index in [1.54, 1.807) is 4.90 Å². The summed E-state index contributed by atoms with van der Waals surface area (Å²) in [6, 6.07) is 0.152. The Morgan fingerprint density at radius 1 is 1.42 bits per heavy atom. The largest absolute Gasteiger partial charge is 0.348 e. The van der Waals surface area contributed by atoms with E-state index in [0.717, 1.165) is 19.3 Å². The molecule has 0 aliphatic carbocycles. The Morgan fingerprint density at radius 3 is 2.63 bits per heavy atom. The van der Waals surface area contributed by atoms with Crippen molar-refractivity contribution in [1.29, 1.82) is 0 Å². The highest BCUT2D eigenvalue weighted by Gasteiger charge is 2.39. The molecule has 2 atom stereocenters. The van der Waals surface area contributed by atoms with Crippen molar-refractivity contribution in [2.75, 3.05) is 19.8 Å². The van der Waals surface area contributed by atoms with E-state index in [1.807, 2.05) is 13.8 Å². The number of Topliss-reactive ketones (excluding diaryl/α,β-unsaturated/α-hetero) is 1. The van der Waals surface area contributed by atoms with Gasteiger partial charge in [-0.1, -0.05) is 0 Å². The highest BCUT2D eigenvalue weighted by molar-refractivity contribution is 5.87. The van der Waals surface area contributed by atoms with Crippen molar-refractivity contribution in [3.8, 4) is 0 Å². The minimum absolute atomic E-state index is 0.000949. The van der Waals surface area contributed by atoms with Crippen LogP contribution in [-0.4, -0.2) is 48.2 Å². The summed E-state index contributed by atoms with van der Waals surface area (Å²) in [5.41, 5.74) is 0. The SMILES string of the molecule is CC(=O)CN1C(=O)[C@@H](CCC2(C)OCCO2)C[C@H]1C. The topological polar surface area (TPSA) is 55.8 Å². The molecule has 5 heteroatoms. The fraction of sp³-hybridized carbons (Fsp3) is 0.857. The van der Waals surface area contributed by atoms with Crippen LogP contribution in [0, 0.1) is 5.92 Å². The van der Waals surface area contributed by atoms with Crippen LogP contribution in [0.3, 0.4) is 0 Å². The van der Waals surface area contributed by atoms with E-state index in [9.17, 15) is 9.59 Å². The van der Waals surface area contributed by atoms with Crippen LogP contribution in [0.15, 0.2) is 0 Å². The first-order valence-electron chi connectivity index (χ1n) is 6.99. The summed E-state index contributed by atoms with van der Waals surface area (Å²) in [6.45, 7) is 6.95. The third-order valence-corrected chi connectivity index (χ3v) is 4.03. The zero-order valence-electron chi connectivity index (χ0n) is 12.0. The number of nitrogens with zero attached hydrogens (tertiary/aromatic N) is 1. The first kappa shape index (κ1) is 14.5. The van der Waals surface area contributed by atoms with Gasteiger partial charge in [-0.15, -0.1) is 0 Å². The second-order valence-electron chi connectivity index (χ2n) is 5.82. The molecule has 1 amide bonds. The van der Waals surface area contributed by atoms with Crippen molar-refractivity contribution in [2.45, 2.75) is 51.9 Å². The predicted molar refractivity (Wildman–Crippen MR) is 69.5 cm³/mol. The van der Waals surface area contributed by atoms with E-state index in [2.05, 4.69) is 0 Å². The molecular weight excluding hydrogens is 246 g/mol. The summed E-state index contributed by atoms with van der Waals surface area (Å²) in [4.78, 5) is 25.1. The molecule has 108 valence electrons. The molecule has 19 heavy (non-hydrogen) atoms. The van der Waals surface area contributed by atoms with Crippen LogP contribution in [0.4, 0.5) is 0 Å². The van der Waals surface area contributed by atoms with Crippen LogP contribution in [0.5, 0.6) is 0 Å². The van der Waals surface area contributed by atoms with Gasteiger partial charge in [-0.2, -0.15) is 0 Å². The monoisotopic (exact) mass is 269 g/mol. The molecule has 0 radical (unpaired) electrons. The molecule has 2 aliphatic rings. The fourth-order valence-electron chi connectivity index (χ4n) is 2.94. The number of amides is 1. The number of ether oxygens (including phenoxy) is 2. The van der Waals surface area contributed by atoms with Crippen molar-refractivity contribution in [2.24, 2.45) is 5.92 Å². The maximum absolute atomic E-state index is 12.3. The summed E-state index contributed by atoms with van der Waals surface area (Å²) >= 11 is 0. The Labute approximate surface area is 114 Å². The van der Waals surface area contributed by atoms with Gasteiger partial charge >= 0.3 is 0 Å². The molecule has 0 aromatic heterocycles. The number of rotatable bonds is 5. The van der Waals surface area contributed by atoms with Crippen molar-refractivity contribution in [3.05, 3.63) is 0 Å². The van der Waals surface area contributed by atoms with Crippen LogP contribution in [0.1, 0.15) is 40.0 Å². The van der Waals surface area contributed by atoms with Gasteiger partial charge in [0, 0.05) is 18.4 Å². The van der Waals surface area contributed by atoms with Crippen LogP contribution < -0.4 is 0 Å². The fourth-order valence-corrected chi connectivity index (χ4v) is 2.94. The first-order valence-corrected chi connectivity index (χ1v) is 6.99. The van der Waals surface area contributed by atoms with Gasteiger partial charge in [0.25, 0.3) is 0 Å². The van der Waals surface area contributed by atoms with Crippen molar-refractivity contribution >= 4 is 11.7 Å². The molecule has 0 aromatic carbocycles. The Morgan fingerprint density at radius 2 is 2.05 bits per heavy atom. The molecule has 2 fully saturated rings. The van der Waals surface area contributed by atoms with E-state index in [0.29, 0.717) is 13.2 Å². The zero-order valence-corrected chi connectivity index (χ0v) is 12.0. The van der Waals surface area contributed by atoms with Gasteiger partial charge in [-0.25, -0.2) is 0 Å². The van der Waals surface area contributed by atoms with Gasteiger partial charge in [0.2, 0.25) is 5.91 Å². The second kappa shape index (κ2) is 5.59. The lowest BCUT2D eigenvalue weighted by Gasteiger charge is -2.23. The lowest BCUT2D eigenvalue weighted by atomic mass is 9.97. The number of hydrogen-bond donors (Lipinski definition) is 0. The Balaban J connectivity index is 1.88. The molecule has 2 rings (SSSR count). The Bertz CT molecular complexity index is 362. The molecule has 0 N–H and O–H groups in total. The van der Waals surface area contributed by atoms with Gasteiger partial charge in [0.15, 0.2) is 5.79 Å². The molecule has 0 bridgehead atoms. The highest BCUT2D eigenvalue weighted by Crippen LogP contribution is 2.32. The minimum Gasteiger partial charge on any atom is -0.348 e. The minimum atomic E-state index is -0.530. The Hall–Kier alpha value is -0.940. The molecule has 0 saturated carbocycles. The second-order valence-corrected chi connectivity index (χ2v) is 5.82. The molecule has 2 saturated heterocycles. The van der Waals surface area contributed by atoms with Crippen molar-refractivity contribution < 1.29 is 19.1 Å². The quantitative estimate of drug-likeness (QED) is 0.756. The number of likely N-dealkylation sites (tertiary alicyclic amines) is 1. The van der Waals surface area contributed by atoms with Gasteiger partial charge in [0.1, 0.15) is 5.78 Å². The van der Waals surface area contributed by atoms with Crippen LogP contribution in [-0.2, 0) is 19.1 Å². The van der Waals surface area contributed by atoms with Gasteiger partial charge in [0.05, 0.1) is 19.8 Å². The molecule has 0 aromatic rings. The molecule has 2 aliphatic heterocycles.